The SMILES string of the molecule is CN=C(NCCc1ncc(C)s1)NCc1ccccc1OCCN(C)C. The monoisotopic (exact) mass is 375 g/mol. The Kier molecular flexibility index (Phi) is 8.37. The number of aliphatic imine (C=N–C) groups is 1. The molecule has 0 saturated carbocycles. The van der Waals surface area contributed by atoms with Crippen LogP contribution in [0.25, 0.3) is 0 Å². The molecule has 1 aromatic heterocycles. The molecular weight excluding hydrogens is 346 g/mol. The van der Waals surface area contributed by atoms with E-state index < -0.39 is 0 Å². The molecule has 0 radical (unpaired) electrons. The number of hydrogen-bond donors (Lipinski definition) is 2. The van der Waals surface area contributed by atoms with E-state index in [-0.39, 0.29) is 0 Å². The Morgan fingerprint density at radius 2 is 2.08 bits per heavy atom. The molecule has 2 aromatic rings. The number of guanidine groups is 1. The smallest absolute Gasteiger partial charge is 0.191 e. The predicted octanol–water partition coefficient (Wildman–Crippen LogP) is 2.30. The van der Waals surface area contributed by atoms with Crippen molar-refractivity contribution in [3.63, 3.8) is 0 Å². The second kappa shape index (κ2) is 10.8. The van der Waals surface area contributed by atoms with Crippen LogP contribution < -0.4 is 15.4 Å². The number of rotatable bonds is 9. The molecule has 1 heterocycles. The molecule has 6 nitrogen and oxygen atoms in total. The summed E-state index contributed by atoms with van der Waals surface area (Å²) < 4.78 is 5.91. The topological polar surface area (TPSA) is 61.8 Å². The summed E-state index contributed by atoms with van der Waals surface area (Å²) in [6.07, 6.45) is 2.81. The van der Waals surface area contributed by atoms with Crippen LogP contribution >= 0.6 is 11.3 Å². The average molecular weight is 376 g/mol. The van der Waals surface area contributed by atoms with E-state index in [1.165, 1.54) is 4.88 Å². The van der Waals surface area contributed by atoms with Gasteiger partial charge >= 0.3 is 0 Å². The minimum Gasteiger partial charge on any atom is -0.492 e. The quantitative estimate of drug-likeness (QED) is 0.520. The average Bonchev–Trinajstić information content (AvgIpc) is 3.04. The highest BCUT2D eigenvalue weighted by atomic mass is 32.1. The first-order valence-electron chi connectivity index (χ1n) is 8.79. The lowest BCUT2D eigenvalue weighted by Crippen LogP contribution is -2.37. The number of likely N-dealkylation sites (N-methyl/N-ethyl adjacent to an activating group) is 1. The van der Waals surface area contributed by atoms with Gasteiger partial charge in [-0.3, -0.25) is 4.99 Å². The normalized spacial score (nSPS) is 11.7. The highest BCUT2D eigenvalue weighted by Crippen LogP contribution is 2.17. The second-order valence-electron chi connectivity index (χ2n) is 6.23. The van der Waals surface area contributed by atoms with Crippen molar-refractivity contribution in [1.82, 2.24) is 20.5 Å². The predicted molar refractivity (Wildman–Crippen MR) is 109 cm³/mol. The number of aryl methyl sites for hydroxylation is 1. The summed E-state index contributed by atoms with van der Waals surface area (Å²) in [7, 11) is 5.86. The van der Waals surface area contributed by atoms with Crippen LogP contribution in [0.1, 0.15) is 15.4 Å². The Bertz CT molecular complexity index is 699. The lowest BCUT2D eigenvalue weighted by atomic mass is 10.2. The van der Waals surface area contributed by atoms with E-state index in [9.17, 15) is 0 Å². The maximum absolute atomic E-state index is 5.91. The number of ether oxygens (including phenoxy) is 1. The van der Waals surface area contributed by atoms with E-state index in [0.717, 1.165) is 41.8 Å². The van der Waals surface area contributed by atoms with Crippen molar-refractivity contribution in [3.05, 3.63) is 45.9 Å². The first-order valence-corrected chi connectivity index (χ1v) is 9.61. The Morgan fingerprint density at radius 3 is 2.77 bits per heavy atom. The van der Waals surface area contributed by atoms with Crippen molar-refractivity contribution in [3.8, 4) is 5.75 Å². The molecule has 2 rings (SSSR count). The number of nitrogens with zero attached hydrogens (tertiary/aromatic N) is 3. The first-order chi connectivity index (χ1) is 12.6. The molecule has 0 aliphatic heterocycles. The van der Waals surface area contributed by atoms with Crippen molar-refractivity contribution in [1.29, 1.82) is 0 Å². The van der Waals surface area contributed by atoms with Crippen LogP contribution in [0.15, 0.2) is 35.5 Å². The molecule has 7 heteroatoms. The summed E-state index contributed by atoms with van der Waals surface area (Å²) in [5.74, 6) is 1.69. The number of benzene rings is 1. The zero-order valence-electron chi connectivity index (χ0n) is 16.1. The number of para-hydroxylation sites is 1. The van der Waals surface area contributed by atoms with Gasteiger partial charge in [0.15, 0.2) is 5.96 Å². The van der Waals surface area contributed by atoms with Gasteiger partial charge in [-0.05, 0) is 27.1 Å². The summed E-state index contributed by atoms with van der Waals surface area (Å²) in [6.45, 7) is 5.10. The van der Waals surface area contributed by atoms with Gasteiger partial charge in [-0.1, -0.05) is 18.2 Å². The van der Waals surface area contributed by atoms with Gasteiger partial charge < -0.3 is 20.3 Å². The summed E-state index contributed by atoms with van der Waals surface area (Å²) in [5.41, 5.74) is 1.12. The summed E-state index contributed by atoms with van der Waals surface area (Å²) in [5, 5.41) is 7.82. The van der Waals surface area contributed by atoms with Crippen LogP contribution in [-0.2, 0) is 13.0 Å². The lowest BCUT2D eigenvalue weighted by Gasteiger charge is -2.16. The Labute approximate surface area is 160 Å². The van der Waals surface area contributed by atoms with Crippen LogP contribution in [0.2, 0.25) is 0 Å². The third kappa shape index (κ3) is 7.01. The maximum Gasteiger partial charge on any atom is 0.191 e. The molecule has 2 N–H and O–H groups in total. The molecule has 26 heavy (non-hydrogen) atoms. The molecule has 0 unspecified atom stereocenters. The van der Waals surface area contributed by atoms with E-state index in [4.69, 9.17) is 4.74 Å². The maximum atomic E-state index is 5.91. The third-order valence-corrected chi connectivity index (χ3v) is 4.71. The molecule has 0 aliphatic rings. The third-order valence-electron chi connectivity index (χ3n) is 3.74. The fourth-order valence-corrected chi connectivity index (χ4v) is 3.12. The van der Waals surface area contributed by atoms with Crippen molar-refractivity contribution >= 4 is 17.3 Å². The van der Waals surface area contributed by atoms with Gasteiger partial charge in [-0.25, -0.2) is 4.98 Å². The zero-order valence-corrected chi connectivity index (χ0v) is 16.9. The number of thiazole rings is 1. The van der Waals surface area contributed by atoms with E-state index in [1.54, 1.807) is 18.4 Å². The minimum atomic E-state index is 0.661. The van der Waals surface area contributed by atoms with Crippen molar-refractivity contribution < 1.29 is 4.74 Å². The van der Waals surface area contributed by atoms with Crippen LogP contribution in [-0.4, -0.2) is 56.7 Å². The highest BCUT2D eigenvalue weighted by molar-refractivity contribution is 7.11. The fourth-order valence-electron chi connectivity index (χ4n) is 2.33. The van der Waals surface area contributed by atoms with Crippen LogP contribution in [0.5, 0.6) is 5.75 Å². The van der Waals surface area contributed by atoms with Crippen molar-refractivity contribution in [2.24, 2.45) is 4.99 Å². The molecule has 0 atom stereocenters. The van der Waals surface area contributed by atoms with Crippen molar-refractivity contribution in [2.75, 3.05) is 40.8 Å². The molecule has 0 spiro atoms. The second-order valence-corrected chi connectivity index (χ2v) is 7.55. The minimum absolute atomic E-state index is 0.661. The van der Waals surface area contributed by atoms with E-state index >= 15 is 0 Å². The van der Waals surface area contributed by atoms with E-state index in [0.29, 0.717) is 13.2 Å². The Balaban J connectivity index is 1.80. The molecule has 0 aliphatic carbocycles. The molecule has 1 aromatic carbocycles. The van der Waals surface area contributed by atoms with Gasteiger partial charge in [-0.2, -0.15) is 0 Å². The van der Waals surface area contributed by atoms with Crippen LogP contribution in [0, 0.1) is 6.92 Å². The summed E-state index contributed by atoms with van der Waals surface area (Å²) in [4.78, 5) is 12.0. The molecule has 0 saturated heterocycles. The highest BCUT2D eigenvalue weighted by Gasteiger charge is 2.05. The van der Waals surface area contributed by atoms with Crippen LogP contribution in [0.3, 0.4) is 0 Å². The Morgan fingerprint density at radius 1 is 1.27 bits per heavy atom. The standard InChI is InChI=1S/C19H29N5OS/c1-15-13-22-18(26-15)9-10-21-19(20-2)23-14-16-7-5-6-8-17(16)25-12-11-24(3)4/h5-8,13H,9-12,14H2,1-4H3,(H2,20,21,23). The van der Waals surface area contributed by atoms with Gasteiger partial charge in [-0.15, -0.1) is 11.3 Å². The van der Waals surface area contributed by atoms with Crippen LogP contribution in [0.4, 0.5) is 0 Å². The molecule has 0 fully saturated rings. The van der Waals surface area contributed by atoms with Gasteiger partial charge in [0, 0.05) is 49.7 Å². The number of hydrogen-bond acceptors (Lipinski definition) is 5. The summed E-state index contributed by atoms with van der Waals surface area (Å²) >= 11 is 1.74. The van der Waals surface area contributed by atoms with Gasteiger partial charge in [0.1, 0.15) is 12.4 Å². The fraction of sp³-hybridized carbons (Fsp3) is 0.474. The number of aromatic nitrogens is 1. The largest absolute Gasteiger partial charge is 0.492 e. The van der Waals surface area contributed by atoms with E-state index in [1.807, 2.05) is 38.5 Å². The van der Waals surface area contributed by atoms with Gasteiger partial charge in [0.25, 0.3) is 0 Å². The summed E-state index contributed by atoms with van der Waals surface area (Å²) in [6, 6.07) is 8.10. The molecular formula is C19H29N5OS. The molecule has 0 amide bonds. The molecule has 142 valence electrons. The first kappa shape index (κ1) is 20.2. The van der Waals surface area contributed by atoms with Gasteiger partial charge in [0.05, 0.1) is 5.01 Å². The van der Waals surface area contributed by atoms with E-state index in [2.05, 4.69) is 38.5 Å². The van der Waals surface area contributed by atoms with Gasteiger partial charge in [0.2, 0.25) is 0 Å². The zero-order chi connectivity index (χ0) is 18.8. The number of nitrogens with one attached hydrogen (secondary N) is 2. The Hall–Kier alpha value is -2.12. The van der Waals surface area contributed by atoms with Crippen molar-refractivity contribution in [2.45, 2.75) is 19.9 Å². The molecule has 0 bridgehead atoms. The lowest BCUT2D eigenvalue weighted by molar-refractivity contribution is 0.259.